The minimum Gasteiger partial charge on any atom is -0.486 e. The zero-order chi connectivity index (χ0) is 14.3. The Morgan fingerprint density at radius 2 is 1.90 bits per heavy atom. The maximum Gasteiger partial charge on any atom is 0.175 e. The second-order valence-electron chi connectivity index (χ2n) is 4.53. The van der Waals surface area contributed by atoms with Gasteiger partial charge in [-0.2, -0.15) is 0 Å². The number of rotatable bonds is 1. The van der Waals surface area contributed by atoms with Crippen LogP contribution in [0.25, 0.3) is 11.4 Å². The van der Waals surface area contributed by atoms with Gasteiger partial charge < -0.3 is 9.47 Å². The van der Waals surface area contributed by atoms with E-state index in [0.29, 0.717) is 29.9 Å². The third kappa shape index (κ3) is 2.36. The van der Waals surface area contributed by atoms with E-state index in [2.05, 4.69) is 25.9 Å². The van der Waals surface area contributed by atoms with Crippen LogP contribution in [-0.4, -0.2) is 23.2 Å². The Kier molecular flexibility index (Phi) is 3.56. The van der Waals surface area contributed by atoms with Crippen LogP contribution in [0.3, 0.4) is 0 Å². The van der Waals surface area contributed by atoms with Gasteiger partial charge in [0.2, 0.25) is 0 Å². The van der Waals surface area contributed by atoms with Crippen molar-refractivity contribution in [3.05, 3.63) is 33.0 Å². The van der Waals surface area contributed by atoms with E-state index in [4.69, 9.17) is 21.1 Å². The summed E-state index contributed by atoms with van der Waals surface area (Å²) < 4.78 is 12.0. The molecule has 1 aromatic heterocycles. The van der Waals surface area contributed by atoms with Crippen molar-refractivity contribution in [1.82, 2.24) is 9.97 Å². The van der Waals surface area contributed by atoms with Crippen LogP contribution in [0.15, 0.2) is 16.6 Å². The quantitative estimate of drug-likeness (QED) is 0.727. The van der Waals surface area contributed by atoms with E-state index in [1.54, 1.807) is 0 Å². The fourth-order valence-electron chi connectivity index (χ4n) is 1.96. The number of ether oxygens (including phenoxy) is 2. The molecule has 6 heteroatoms. The van der Waals surface area contributed by atoms with Crippen molar-refractivity contribution in [2.45, 2.75) is 13.8 Å². The molecule has 0 aliphatic carbocycles. The predicted molar refractivity (Wildman–Crippen MR) is 80.6 cm³/mol. The van der Waals surface area contributed by atoms with E-state index < -0.39 is 0 Å². The topological polar surface area (TPSA) is 44.2 Å². The van der Waals surface area contributed by atoms with Crippen LogP contribution in [0.1, 0.15) is 11.3 Å². The molecule has 0 fully saturated rings. The maximum absolute atomic E-state index is 6.13. The third-order valence-electron chi connectivity index (χ3n) is 3.18. The number of hydrogen-bond acceptors (Lipinski definition) is 4. The number of nitrogens with zero attached hydrogens (tertiary/aromatic N) is 2. The Bertz CT molecular complexity index is 668. The highest BCUT2D eigenvalue weighted by Crippen LogP contribution is 2.40. The number of aryl methyl sites for hydroxylation is 1. The second-order valence-corrected chi connectivity index (χ2v) is 5.74. The van der Waals surface area contributed by atoms with Crippen molar-refractivity contribution in [3.8, 4) is 22.9 Å². The lowest BCUT2D eigenvalue weighted by Crippen LogP contribution is -2.15. The lowest BCUT2D eigenvalue weighted by Gasteiger charge is -2.20. The normalized spacial score (nSPS) is 13.4. The summed E-state index contributed by atoms with van der Waals surface area (Å²) in [7, 11) is 0. The highest BCUT2D eigenvalue weighted by atomic mass is 79.9. The summed E-state index contributed by atoms with van der Waals surface area (Å²) in [5.41, 5.74) is 2.60. The first-order valence-electron chi connectivity index (χ1n) is 6.16. The highest BCUT2D eigenvalue weighted by Gasteiger charge is 2.18. The molecule has 0 bridgehead atoms. The standard InChI is InChI=1S/C14H12BrClN2O2/c1-7-8(2)17-14(18-13(7)16)9-5-10(15)12-11(6-9)19-3-4-20-12/h5-6H,3-4H2,1-2H3. The summed E-state index contributed by atoms with van der Waals surface area (Å²) >= 11 is 9.62. The molecule has 4 nitrogen and oxygen atoms in total. The summed E-state index contributed by atoms with van der Waals surface area (Å²) in [6, 6.07) is 3.79. The predicted octanol–water partition coefficient (Wildman–Crippen LogP) is 3.95. The van der Waals surface area contributed by atoms with E-state index >= 15 is 0 Å². The Labute approximate surface area is 130 Å². The van der Waals surface area contributed by atoms with Crippen LogP contribution in [0.4, 0.5) is 0 Å². The number of aromatic nitrogens is 2. The molecule has 104 valence electrons. The van der Waals surface area contributed by atoms with Crippen molar-refractivity contribution in [1.29, 1.82) is 0 Å². The lowest BCUT2D eigenvalue weighted by molar-refractivity contribution is 0.170. The number of fused-ring (bicyclic) bond motifs is 1. The Morgan fingerprint density at radius 1 is 1.15 bits per heavy atom. The molecule has 0 spiro atoms. The molecule has 0 amide bonds. The minimum atomic E-state index is 0.471. The largest absolute Gasteiger partial charge is 0.486 e. The van der Waals surface area contributed by atoms with Crippen molar-refractivity contribution in [2.24, 2.45) is 0 Å². The van der Waals surface area contributed by atoms with Crippen LogP contribution in [0.5, 0.6) is 11.5 Å². The van der Waals surface area contributed by atoms with Gasteiger partial charge in [0.05, 0.1) is 4.47 Å². The van der Waals surface area contributed by atoms with Crippen molar-refractivity contribution in [3.63, 3.8) is 0 Å². The highest BCUT2D eigenvalue weighted by molar-refractivity contribution is 9.10. The molecule has 2 aromatic rings. The second kappa shape index (κ2) is 5.22. The smallest absolute Gasteiger partial charge is 0.175 e. The fourth-order valence-corrected chi connectivity index (χ4v) is 2.74. The number of hydrogen-bond donors (Lipinski definition) is 0. The van der Waals surface area contributed by atoms with Crippen LogP contribution in [0, 0.1) is 13.8 Å². The first kappa shape index (κ1) is 13.6. The molecule has 2 heterocycles. The minimum absolute atomic E-state index is 0.471. The monoisotopic (exact) mass is 354 g/mol. The van der Waals surface area contributed by atoms with Crippen molar-refractivity contribution >= 4 is 27.5 Å². The summed E-state index contributed by atoms with van der Waals surface area (Å²) in [5, 5.41) is 0.471. The summed E-state index contributed by atoms with van der Waals surface area (Å²) in [6.45, 7) is 4.91. The average molecular weight is 356 g/mol. The van der Waals surface area contributed by atoms with Gasteiger partial charge in [-0.3, -0.25) is 0 Å². The van der Waals surface area contributed by atoms with Gasteiger partial charge in [-0.25, -0.2) is 9.97 Å². The zero-order valence-electron chi connectivity index (χ0n) is 11.0. The van der Waals surface area contributed by atoms with Gasteiger partial charge in [0, 0.05) is 16.8 Å². The molecule has 1 aromatic carbocycles. The van der Waals surface area contributed by atoms with Crippen LogP contribution >= 0.6 is 27.5 Å². The fraction of sp³-hybridized carbons (Fsp3) is 0.286. The van der Waals surface area contributed by atoms with Gasteiger partial charge in [0.1, 0.15) is 18.4 Å². The Balaban J connectivity index is 2.13. The molecule has 20 heavy (non-hydrogen) atoms. The summed E-state index contributed by atoms with van der Waals surface area (Å²) in [4.78, 5) is 8.81. The third-order valence-corrected chi connectivity index (χ3v) is 4.14. The van der Waals surface area contributed by atoms with E-state index in [1.165, 1.54) is 0 Å². The molecule has 0 N–H and O–H groups in total. The van der Waals surface area contributed by atoms with Gasteiger partial charge in [-0.1, -0.05) is 11.6 Å². The summed E-state index contributed by atoms with van der Waals surface area (Å²) in [5.74, 6) is 1.99. The van der Waals surface area contributed by atoms with Crippen molar-refractivity contribution < 1.29 is 9.47 Å². The van der Waals surface area contributed by atoms with E-state index in [-0.39, 0.29) is 0 Å². The molecule has 1 aliphatic rings. The van der Waals surface area contributed by atoms with Crippen molar-refractivity contribution in [2.75, 3.05) is 13.2 Å². The first-order chi connectivity index (χ1) is 9.56. The van der Waals surface area contributed by atoms with Gasteiger partial charge in [-0.05, 0) is 41.9 Å². The average Bonchev–Trinajstić information content (AvgIpc) is 2.44. The van der Waals surface area contributed by atoms with Gasteiger partial charge in [-0.15, -0.1) is 0 Å². The van der Waals surface area contributed by atoms with Crippen LogP contribution in [0.2, 0.25) is 5.15 Å². The van der Waals surface area contributed by atoms with E-state index in [0.717, 1.165) is 27.0 Å². The van der Waals surface area contributed by atoms with E-state index in [1.807, 2.05) is 26.0 Å². The Hall–Kier alpha value is -1.33. The first-order valence-corrected chi connectivity index (χ1v) is 7.33. The molecule has 3 rings (SSSR count). The Morgan fingerprint density at radius 3 is 2.65 bits per heavy atom. The molecular weight excluding hydrogens is 344 g/mol. The zero-order valence-corrected chi connectivity index (χ0v) is 13.4. The number of halogens is 2. The van der Waals surface area contributed by atoms with Gasteiger partial charge in [0.15, 0.2) is 17.3 Å². The van der Waals surface area contributed by atoms with Gasteiger partial charge >= 0.3 is 0 Å². The van der Waals surface area contributed by atoms with Crippen LogP contribution < -0.4 is 9.47 Å². The molecule has 0 saturated heterocycles. The summed E-state index contributed by atoms with van der Waals surface area (Å²) in [6.07, 6.45) is 0. The molecular formula is C14H12BrClN2O2. The van der Waals surface area contributed by atoms with Crippen LogP contribution in [-0.2, 0) is 0 Å². The molecule has 0 unspecified atom stereocenters. The maximum atomic E-state index is 6.13. The lowest BCUT2D eigenvalue weighted by atomic mass is 10.1. The molecule has 1 aliphatic heterocycles. The van der Waals surface area contributed by atoms with E-state index in [9.17, 15) is 0 Å². The molecule has 0 saturated carbocycles. The van der Waals surface area contributed by atoms with Gasteiger partial charge in [0.25, 0.3) is 0 Å². The number of benzene rings is 1. The SMILES string of the molecule is Cc1nc(-c2cc(Br)c3c(c2)OCCO3)nc(Cl)c1C. The molecule has 0 radical (unpaired) electrons. The molecule has 0 atom stereocenters.